The number of carboxylic acids is 1. The van der Waals surface area contributed by atoms with E-state index in [0.717, 1.165) is 16.9 Å². The molecule has 0 unspecified atom stereocenters. The van der Waals surface area contributed by atoms with Crippen LogP contribution in [-0.4, -0.2) is 25.6 Å². The number of fused-ring (bicyclic) bond motifs is 1. The standard InChI is InChI=1S/C15H19N3O2/c1-15(2,8-14(19)20)7-13-17-11-9-16-6-5-12(11)18(13)10-3-4-10/h5-6,9-10H,3-4,7-8H2,1-2H3,(H,19,20). The fourth-order valence-corrected chi connectivity index (χ4v) is 2.77. The molecule has 1 fully saturated rings. The van der Waals surface area contributed by atoms with Crippen molar-refractivity contribution in [2.75, 3.05) is 0 Å². The van der Waals surface area contributed by atoms with Gasteiger partial charge in [0.2, 0.25) is 0 Å². The predicted molar refractivity (Wildman–Crippen MR) is 75.5 cm³/mol. The first kappa shape index (κ1) is 13.1. The van der Waals surface area contributed by atoms with Crippen LogP contribution in [0.1, 0.15) is 45.0 Å². The Balaban J connectivity index is 1.98. The van der Waals surface area contributed by atoms with Crippen molar-refractivity contribution in [3.8, 4) is 0 Å². The van der Waals surface area contributed by atoms with Gasteiger partial charge in [0.15, 0.2) is 0 Å². The van der Waals surface area contributed by atoms with Crippen LogP contribution in [0.5, 0.6) is 0 Å². The minimum Gasteiger partial charge on any atom is -0.481 e. The summed E-state index contributed by atoms with van der Waals surface area (Å²) in [5.41, 5.74) is 1.72. The van der Waals surface area contributed by atoms with E-state index in [-0.39, 0.29) is 11.8 Å². The van der Waals surface area contributed by atoms with Crippen molar-refractivity contribution >= 4 is 17.0 Å². The molecule has 20 heavy (non-hydrogen) atoms. The smallest absolute Gasteiger partial charge is 0.303 e. The van der Waals surface area contributed by atoms with Gasteiger partial charge in [-0.3, -0.25) is 9.78 Å². The maximum Gasteiger partial charge on any atom is 0.303 e. The van der Waals surface area contributed by atoms with Gasteiger partial charge in [0, 0.05) is 18.7 Å². The number of hydrogen-bond acceptors (Lipinski definition) is 3. The summed E-state index contributed by atoms with van der Waals surface area (Å²) in [5, 5.41) is 9.02. The summed E-state index contributed by atoms with van der Waals surface area (Å²) in [6.45, 7) is 3.96. The third kappa shape index (κ3) is 2.53. The van der Waals surface area contributed by atoms with Crippen molar-refractivity contribution in [2.24, 2.45) is 5.41 Å². The Morgan fingerprint density at radius 2 is 2.25 bits per heavy atom. The minimum atomic E-state index is -0.759. The Bertz CT molecular complexity index is 656. The van der Waals surface area contributed by atoms with Crippen molar-refractivity contribution in [3.63, 3.8) is 0 Å². The van der Waals surface area contributed by atoms with Gasteiger partial charge in [-0.15, -0.1) is 0 Å². The maximum absolute atomic E-state index is 11.0. The molecule has 0 aromatic carbocycles. The second-order valence-electron chi connectivity index (χ2n) is 6.41. The van der Waals surface area contributed by atoms with Gasteiger partial charge in [0.25, 0.3) is 0 Å². The predicted octanol–water partition coefficient (Wildman–Crippen LogP) is 2.81. The minimum absolute atomic E-state index is 0.152. The molecule has 5 nitrogen and oxygen atoms in total. The topological polar surface area (TPSA) is 68.0 Å². The quantitative estimate of drug-likeness (QED) is 0.909. The summed E-state index contributed by atoms with van der Waals surface area (Å²) in [5.74, 6) is 0.229. The summed E-state index contributed by atoms with van der Waals surface area (Å²) in [6, 6.07) is 2.52. The number of rotatable bonds is 5. The molecule has 5 heteroatoms. The van der Waals surface area contributed by atoms with Crippen molar-refractivity contribution in [2.45, 2.75) is 45.6 Å². The third-order valence-electron chi connectivity index (χ3n) is 3.74. The van der Waals surface area contributed by atoms with E-state index in [1.807, 2.05) is 19.9 Å². The van der Waals surface area contributed by atoms with Gasteiger partial charge in [-0.25, -0.2) is 4.98 Å². The normalized spacial score (nSPS) is 15.7. The van der Waals surface area contributed by atoms with E-state index < -0.39 is 5.97 Å². The highest BCUT2D eigenvalue weighted by molar-refractivity contribution is 5.75. The summed E-state index contributed by atoms with van der Waals surface area (Å²) in [6.07, 6.45) is 6.75. The van der Waals surface area contributed by atoms with Crippen molar-refractivity contribution in [1.82, 2.24) is 14.5 Å². The largest absolute Gasteiger partial charge is 0.481 e. The summed E-state index contributed by atoms with van der Waals surface area (Å²) in [7, 11) is 0. The number of nitrogens with zero attached hydrogens (tertiary/aromatic N) is 3. The van der Waals surface area contributed by atoms with Crippen molar-refractivity contribution in [3.05, 3.63) is 24.3 Å². The monoisotopic (exact) mass is 273 g/mol. The Labute approximate surface area is 117 Å². The highest BCUT2D eigenvalue weighted by atomic mass is 16.4. The first-order valence-corrected chi connectivity index (χ1v) is 6.99. The molecule has 2 aromatic rings. The van der Waals surface area contributed by atoms with Crippen molar-refractivity contribution in [1.29, 1.82) is 0 Å². The molecule has 0 radical (unpaired) electrons. The van der Waals surface area contributed by atoms with E-state index >= 15 is 0 Å². The fourth-order valence-electron chi connectivity index (χ4n) is 2.77. The van der Waals surface area contributed by atoms with Crippen LogP contribution in [0, 0.1) is 5.41 Å². The fraction of sp³-hybridized carbons (Fsp3) is 0.533. The van der Waals surface area contributed by atoms with Crippen LogP contribution in [0.25, 0.3) is 11.0 Å². The summed E-state index contributed by atoms with van der Waals surface area (Å²) >= 11 is 0. The van der Waals surface area contributed by atoms with Gasteiger partial charge in [-0.05, 0) is 24.3 Å². The molecular formula is C15H19N3O2. The Kier molecular flexibility index (Phi) is 3.00. The first-order chi connectivity index (χ1) is 9.46. The molecule has 2 heterocycles. The molecule has 1 aliphatic carbocycles. The second kappa shape index (κ2) is 4.58. The number of imidazole rings is 1. The molecule has 0 saturated heterocycles. The first-order valence-electron chi connectivity index (χ1n) is 6.99. The lowest BCUT2D eigenvalue weighted by Gasteiger charge is -2.22. The molecule has 106 valence electrons. The number of hydrogen-bond donors (Lipinski definition) is 1. The average Bonchev–Trinajstić information content (AvgIpc) is 3.09. The van der Waals surface area contributed by atoms with E-state index in [1.165, 1.54) is 12.8 Å². The van der Waals surface area contributed by atoms with Gasteiger partial charge >= 0.3 is 5.97 Å². The van der Waals surface area contributed by atoms with Crippen LogP contribution < -0.4 is 0 Å². The van der Waals surface area contributed by atoms with E-state index in [0.29, 0.717) is 12.5 Å². The zero-order valence-corrected chi connectivity index (χ0v) is 11.8. The average molecular weight is 273 g/mol. The zero-order valence-electron chi connectivity index (χ0n) is 11.8. The molecule has 2 aromatic heterocycles. The van der Waals surface area contributed by atoms with E-state index in [9.17, 15) is 4.79 Å². The van der Waals surface area contributed by atoms with Gasteiger partial charge in [-0.2, -0.15) is 0 Å². The van der Waals surface area contributed by atoms with Gasteiger partial charge in [-0.1, -0.05) is 13.8 Å². The summed E-state index contributed by atoms with van der Waals surface area (Å²) in [4.78, 5) is 19.8. The Hall–Kier alpha value is -1.91. The molecule has 0 atom stereocenters. The van der Waals surface area contributed by atoms with Crippen LogP contribution in [0.2, 0.25) is 0 Å². The van der Waals surface area contributed by atoms with Gasteiger partial charge in [0.1, 0.15) is 11.3 Å². The highest BCUT2D eigenvalue weighted by Crippen LogP contribution is 2.40. The molecule has 0 bridgehead atoms. The van der Waals surface area contributed by atoms with Crippen LogP contribution >= 0.6 is 0 Å². The van der Waals surface area contributed by atoms with E-state index in [4.69, 9.17) is 5.11 Å². The number of carboxylic acid groups (broad SMARTS) is 1. The molecule has 0 aliphatic heterocycles. The molecule has 0 spiro atoms. The third-order valence-corrected chi connectivity index (χ3v) is 3.74. The molecule has 1 N–H and O–H groups in total. The molecular weight excluding hydrogens is 254 g/mol. The Morgan fingerprint density at radius 3 is 2.90 bits per heavy atom. The highest BCUT2D eigenvalue weighted by Gasteiger charge is 2.31. The maximum atomic E-state index is 11.0. The van der Waals surface area contributed by atoms with Gasteiger partial charge < -0.3 is 9.67 Å². The lowest BCUT2D eigenvalue weighted by atomic mass is 9.85. The molecule has 1 saturated carbocycles. The Morgan fingerprint density at radius 1 is 1.50 bits per heavy atom. The van der Waals surface area contributed by atoms with Crippen LogP contribution in [-0.2, 0) is 11.2 Å². The molecule has 0 amide bonds. The SMILES string of the molecule is CC(C)(CC(=O)O)Cc1nc2cnccc2n1C1CC1. The lowest BCUT2D eigenvalue weighted by molar-refractivity contribution is -0.139. The number of carbonyl (C=O) groups is 1. The second-order valence-corrected chi connectivity index (χ2v) is 6.41. The van der Waals surface area contributed by atoms with E-state index in [2.05, 4.69) is 14.5 Å². The van der Waals surface area contributed by atoms with Crippen LogP contribution in [0.15, 0.2) is 18.5 Å². The number of pyridine rings is 1. The number of aromatic nitrogens is 3. The molecule has 3 rings (SSSR count). The summed E-state index contributed by atoms with van der Waals surface area (Å²) < 4.78 is 2.28. The van der Waals surface area contributed by atoms with Crippen molar-refractivity contribution < 1.29 is 9.90 Å². The molecule has 1 aliphatic rings. The van der Waals surface area contributed by atoms with E-state index in [1.54, 1.807) is 12.4 Å². The zero-order chi connectivity index (χ0) is 14.3. The van der Waals surface area contributed by atoms with Crippen LogP contribution in [0.3, 0.4) is 0 Å². The van der Waals surface area contributed by atoms with Crippen LogP contribution in [0.4, 0.5) is 0 Å². The number of aliphatic carboxylic acids is 1. The van der Waals surface area contributed by atoms with Gasteiger partial charge in [0.05, 0.1) is 18.1 Å². The lowest BCUT2D eigenvalue weighted by Crippen LogP contribution is -2.21.